The van der Waals surface area contributed by atoms with Crippen molar-refractivity contribution in [1.82, 2.24) is 9.97 Å². The molecule has 0 aliphatic carbocycles. The first-order valence-electron chi connectivity index (χ1n) is 5.15. The second-order valence-corrected chi connectivity index (χ2v) is 4.46. The Kier molecular flexibility index (Phi) is 3.71. The zero-order valence-electron chi connectivity index (χ0n) is 9.35. The minimum Gasteiger partial charge on any atom is -0.424 e. The maximum Gasteiger partial charge on any atom is 0.322 e. The van der Waals surface area contributed by atoms with Gasteiger partial charge in [0.2, 0.25) is 0 Å². The Morgan fingerprint density at radius 1 is 1.24 bits per heavy atom. The first-order valence-corrected chi connectivity index (χ1v) is 5.95. The van der Waals surface area contributed by atoms with Gasteiger partial charge in [0.05, 0.1) is 5.69 Å². The van der Waals surface area contributed by atoms with Gasteiger partial charge >= 0.3 is 6.01 Å². The van der Waals surface area contributed by atoms with Crippen molar-refractivity contribution in [2.24, 2.45) is 5.73 Å². The van der Waals surface area contributed by atoms with E-state index in [4.69, 9.17) is 10.5 Å². The quantitative estimate of drug-likeness (QED) is 0.945. The van der Waals surface area contributed by atoms with Gasteiger partial charge < -0.3 is 10.5 Å². The highest BCUT2D eigenvalue weighted by molar-refractivity contribution is 9.10. The summed E-state index contributed by atoms with van der Waals surface area (Å²) in [6.07, 6.45) is 0. The molecule has 0 saturated carbocycles. The molecule has 2 N–H and O–H groups in total. The lowest BCUT2D eigenvalue weighted by atomic mass is 10.3. The molecule has 0 radical (unpaired) electrons. The summed E-state index contributed by atoms with van der Waals surface area (Å²) < 4.78 is 6.56. The molecule has 1 aromatic carbocycles. The lowest BCUT2D eigenvalue weighted by Gasteiger charge is -2.06. The molecule has 0 amide bonds. The number of hydrogen-bond donors (Lipinski definition) is 1. The van der Waals surface area contributed by atoms with Gasteiger partial charge in [0, 0.05) is 16.7 Å². The average Bonchev–Trinajstić information content (AvgIpc) is 2.31. The van der Waals surface area contributed by atoms with Crippen molar-refractivity contribution >= 4 is 15.9 Å². The van der Waals surface area contributed by atoms with E-state index in [1.165, 1.54) is 0 Å². The van der Waals surface area contributed by atoms with E-state index in [1.54, 1.807) is 0 Å². The van der Waals surface area contributed by atoms with Gasteiger partial charge in [0.25, 0.3) is 0 Å². The van der Waals surface area contributed by atoms with Crippen LogP contribution in [0.4, 0.5) is 0 Å². The molecule has 17 heavy (non-hydrogen) atoms. The highest BCUT2D eigenvalue weighted by Gasteiger charge is 2.03. The van der Waals surface area contributed by atoms with Crippen LogP contribution >= 0.6 is 15.9 Å². The van der Waals surface area contributed by atoms with Gasteiger partial charge in [-0.05, 0) is 37.3 Å². The van der Waals surface area contributed by atoms with Crippen LogP contribution in [0.1, 0.15) is 11.4 Å². The number of rotatable bonds is 3. The molecule has 0 atom stereocenters. The zero-order chi connectivity index (χ0) is 12.3. The number of nitrogens with two attached hydrogens (primary N) is 1. The van der Waals surface area contributed by atoms with Crippen LogP contribution in [0, 0.1) is 6.92 Å². The number of nitrogens with zero attached hydrogens (tertiary/aromatic N) is 2. The number of aryl methyl sites for hydroxylation is 1. The monoisotopic (exact) mass is 293 g/mol. The molecule has 0 bridgehead atoms. The Morgan fingerprint density at radius 2 is 1.94 bits per heavy atom. The summed E-state index contributed by atoms with van der Waals surface area (Å²) in [7, 11) is 0. The molecule has 0 saturated heterocycles. The Bertz CT molecular complexity index is 514. The summed E-state index contributed by atoms with van der Waals surface area (Å²) in [6, 6.07) is 9.65. The summed E-state index contributed by atoms with van der Waals surface area (Å²) in [5.74, 6) is 0.696. The van der Waals surface area contributed by atoms with E-state index < -0.39 is 0 Å². The molecule has 4 nitrogen and oxygen atoms in total. The molecule has 0 unspecified atom stereocenters. The Labute approximate surface area is 108 Å². The molecule has 5 heteroatoms. The topological polar surface area (TPSA) is 61.0 Å². The molecule has 0 aliphatic rings. The van der Waals surface area contributed by atoms with Gasteiger partial charge in [0.1, 0.15) is 5.75 Å². The third-order valence-electron chi connectivity index (χ3n) is 2.12. The van der Waals surface area contributed by atoms with Crippen LogP contribution in [0.2, 0.25) is 0 Å². The Hall–Kier alpha value is -1.46. The first-order chi connectivity index (χ1) is 8.17. The minimum absolute atomic E-state index is 0.327. The zero-order valence-corrected chi connectivity index (χ0v) is 10.9. The molecule has 1 heterocycles. The Morgan fingerprint density at radius 3 is 2.59 bits per heavy atom. The fraction of sp³-hybridized carbons (Fsp3) is 0.167. The standard InChI is InChI=1S/C12H12BrN3O/c1-8-6-10(7-14)16-12(15-8)17-11-4-2-9(13)3-5-11/h2-6H,7,14H2,1H3. The molecular weight excluding hydrogens is 282 g/mol. The molecule has 1 aromatic heterocycles. The van der Waals surface area contributed by atoms with E-state index in [-0.39, 0.29) is 0 Å². The van der Waals surface area contributed by atoms with Crippen molar-refractivity contribution in [3.8, 4) is 11.8 Å². The van der Waals surface area contributed by atoms with Crippen molar-refractivity contribution in [3.05, 3.63) is 46.2 Å². The molecule has 2 rings (SSSR count). The van der Waals surface area contributed by atoms with Crippen molar-refractivity contribution in [2.75, 3.05) is 0 Å². The van der Waals surface area contributed by atoms with Crippen molar-refractivity contribution in [1.29, 1.82) is 0 Å². The summed E-state index contributed by atoms with van der Waals surface area (Å²) in [5, 5.41) is 0. The number of hydrogen-bond acceptors (Lipinski definition) is 4. The Balaban J connectivity index is 2.23. The first kappa shape index (κ1) is 12.0. The van der Waals surface area contributed by atoms with Gasteiger partial charge in [-0.25, -0.2) is 4.98 Å². The van der Waals surface area contributed by atoms with Gasteiger partial charge in [-0.15, -0.1) is 0 Å². The molecule has 0 fully saturated rings. The maximum atomic E-state index is 5.56. The van der Waals surface area contributed by atoms with Gasteiger partial charge in [-0.2, -0.15) is 4.98 Å². The van der Waals surface area contributed by atoms with Gasteiger partial charge in [-0.1, -0.05) is 15.9 Å². The van der Waals surface area contributed by atoms with Crippen LogP contribution in [0.15, 0.2) is 34.8 Å². The number of benzene rings is 1. The molecule has 0 spiro atoms. The van der Waals surface area contributed by atoms with Crippen LogP contribution in [-0.2, 0) is 6.54 Å². The predicted molar refractivity (Wildman–Crippen MR) is 68.9 cm³/mol. The van der Waals surface area contributed by atoms with E-state index in [1.807, 2.05) is 37.3 Å². The van der Waals surface area contributed by atoms with E-state index >= 15 is 0 Å². The maximum absolute atomic E-state index is 5.56. The third-order valence-corrected chi connectivity index (χ3v) is 2.65. The second-order valence-electron chi connectivity index (χ2n) is 3.54. The van der Waals surface area contributed by atoms with Crippen LogP contribution in [0.5, 0.6) is 11.8 Å². The van der Waals surface area contributed by atoms with Crippen LogP contribution in [0.25, 0.3) is 0 Å². The molecule has 88 valence electrons. The lowest BCUT2D eigenvalue weighted by molar-refractivity contribution is 0.438. The molecular formula is C12H12BrN3O. The van der Waals surface area contributed by atoms with Crippen LogP contribution in [0.3, 0.4) is 0 Å². The van der Waals surface area contributed by atoms with E-state index in [0.29, 0.717) is 18.3 Å². The van der Waals surface area contributed by atoms with E-state index in [0.717, 1.165) is 15.9 Å². The van der Waals surface area contributed by atoms with E-state index in [2.05, 4.69) is 25.9 Å². The van der Waals surface area contributed by atoms with Gasteiger partial charge in [0.15, 0.2) is 0 Å². The SMILES string of the molecule is Cc1cc(CN)nc(Oc2ccc(Br)cc2)n1. The van der Waals surface area contributed by atoms with Gasteiger partial charge in [-0.3, -0.25) is 0 Å². The smallest absolute Gasteiger partial charge is 0.322 e. The summed E-state index contributed by atoms with van der Waals surface area (Å²) in [4.78, 5) is 8.40. The van der Waals surface area contributed by atoms with E-state index in [9.17, 15) is 0 Å². The fourth-order valence-electron chi connectivity index (χ4n) is 1.36. The highest BCUT2D eigenvalue weighted by atomic mass is 79.9. The summed E-state index contributed by atoms with van der Waals surface area (Å²) in [6.45, 7) is 2.26. The lowest BCUT2D eigenvalue weighted by Crippen LogP contribution is -2.03. The number of halogens is 1. The summed E-state index contributed by atoms with van der Waals surface area (Å²) >= 11 is 3.36. The van der Waals surface area contributed by atoms with Crippen LogP contribution < -0.4 is 10.5 Å². The highest BCUT2D eigenvalue weighted by Crippen LogP contribution is 2.20. The average molecular weight is 294 g/mol. The number of ether oxygens (including phenoxy) is 1. The van der Waals surface area contributed by atoms with Crippen molar-refractivity contribution in [3.63, 3.8) is 0 Å². The minimum atomic E-state index is 0.327. The largest absolute Gasteiger partial charge is 0.424 e. The summed E-state index contributed by atoms with van der Waals surface area (Å²) in [5.41, 5.74) is 7.16. The van der Waals surface area contributed by atoms with Crippen LogP contribution in [-0.4, -0.2) is 9.97 Å². The third kappa shape index (κ3) is 3.25. The second kappa shape index (κ2) is 5.25. The normalized spacial score (nSPS) is 10.3. The fourth-order valence-corrected chi connectivity index (χ4v) is 1.63. The molecule has 0 aliphatic heterocycles. The van der Waals surface area contributed by atoms with Crippen molar-refractivity contribution < 1.29 is 4.74 Å². The predicted octanol–water partition coefficient (Wildman–Crippen LogP) is 2.80. The van der Waals surface area contributed by atoms with Crippen molar-refractivity contribution in [2.45, 2.75) is 13.5 Å². The number of aromatic nitrogens is 2. The molecule has 2 aromatic rings.